The first-order valence-corrected chi connectivity index (χ1v) is 10.9. The molecular formula is C23H30F3N3S. The lowest BCUT2D eigenvalue weighted by Gasteiger charge is -2.40. The Hall–Kier alpha value is -1.73. The molecule has 3 rings (SSSR count). The average molecular weight is 438 g/mol. The van der Waals surface area contributed by atoms with E-state index in [9.17, 15) is 13.2 Å². The van der Waals surface area contributed by atoms with Crippen LogP contribution in [0.5, 0.6) is 0 Å². The summed E-state index contributed by atoms with van der Waals surface area (Å²) >= 11 is 4.08. The molecule has 0 aliphatic heterocycles. The zero-order valence-corrected chi connectivity index (χ0v) is 18.7. The van der Waals surface area contributed by atoms with Crippen molar-refractivity contribution in [3.63, 3.8) is 0 Å². The highest BCUT2D eigenvalue weighted by Gasteiger charge is 2.33. The van der Waals surface area contributed by atoms with Crippen LogP contribution >= 0.6 is 12.8 Å². The monoisotopic (exact) mass is 437 g/mol. The third kappa shape index (κ3) is 5.11. The zero-order chi connectivity index (χ0) is 21.9. The SMILES string of the molecule is CCC1CCc2ccc(CC(C)(C)N(CCNS)c3ccc(C(F)(F)F)cn3)cc21. The van der Waals surface area contributed by atoms with E-state index in [2.05, 4.69) is 66.4 Å². The number of pyridine rings is 1. The van der Waals surface area contributed by atoms with E-state index in [4.69, 9.17) is 0 Å². The van der Waals surface area contributed by atoms with Crippen molar-refractivity contribution in [1.82, 2.24) is 9.71 Å². The highest BCUT2D eigenvalue weighted by Crippen LogP contribution is 2.37. The molecule has 0 saturated carbocycles. The molecular weight excluding hydrogens is 407 g/mol. The lowest BCUT2D eigenvalue weighted by atomic mass is 9.89. The quantitative estimate of drug-likeness (QED) is 0.511. The van der Waals surface area contributed by atoms with Gasteiger partial charge in [0.25, 0.3) is 0 Å². The second kappa shape index (κ2) is 9.18. The van der Waals surface area contributed by atoms with Crippen LogP contribution < -0.4 is 9.62 Å². The third-order valence-corrected chi connectivity index (χ3v) is 6.30. The minimum absolute atomic E-state index is 0.341. The molecule has 0 saturated heterocycles. The molecule has 1 unspecified atom stereocenters. The maximum absolute atomic E-state index is 12.9. The second-order valence-corrected chi connectivity index (χ2v) is 8.95. The Bertz CT molecular complexity index is 850. The molecule has 0 fully saturated rings. The topological polar surface area (TPSA) is 28.2 Å². The largest absolute Gasteiger partial charge is 0.417 e. The molecule has 1 aromatic carbocycles. The summed E-state index contributed by atoms with van der Waals surface area (Å²) in [7, 11) is 0. The first-order chi connectivity index (χ1) is 14.2. The van der Waals surface area contributed by atoms with Gasteiger partial charge in [0.15, 0.2) is 0 Å². The number of thiol groups is 1. The first-order valence-electron chi connectivity index (χ1n) is 10.4. The Kier molecular flexibility index (Phi) is 7.02. The van der Waals surface area contributed by atoms with Crippen molar-refractivity contribution in [3.05, 3.63) is 58.8 Å². The van der Waals surface area contributed by atoms with E-state index in [0.717, 1.165) is 31.5 Å². The van der Waals surface area contributed by atoms with Crippen LogP contribution in [0.4, 0.5) is 19.0 Å². The molecule has 3 nitrogen and oxygen atoms in total. The lowest BCUT2D eigenvalue weighted by molar-refractivity contribution is -0.137. The van der Waals surface area contributed by atoms with Gasteiger partial charge < -0.3 is 4.90 Å². The molecule has 0 spiro atoms. The van der Waals surface area contributed by atoms with Crippen molar-refractivity contribution in [2.24, 2.45) is 0 Å². The molecule has 0 amide bonds. The van der Waals surface area contributed by atoms with Crippen LogP contribution in [0, 0.1) is 0 Å². The number of benzene rings is 1. The summed E-state index contributed by atoms with van der Waals surface area (Å²) in [6.07, 6.45) is 0.800. The van der Waals surface area contributed by atoms with Crippen LogP contribution in [0.3, 0.4) is 0 Å². The summed E-state index contributed by atoms with van der Waals surface area (Å²) in [6, 6.07) is 9.31. The smallest absolute Gasteiger partial charge is 0.350 e. The van der Waals surface area contributed by atoms with Crippen molar-refractivity contribution in [2.75, 3.05) is 18.0 Å². The number of aromatic nitrogens is 1. The summed E-state index contributed by atoms with van der Waals surface area (Å²) in [6.45, 7) is 7.61. The number of rotatable bonds is 8. The number of halogens is 3. The van der Waals surface area contributed by atoms with Crippen molar-refractivity contribution < 1.29 is 13.2 Å². The fraction of sp³-hybridized carbons (Fsp3) is 0.522. The van der Waals surface area contributed by atoms with Crippen LogP contribution in [0.2, 0.25) is 0 Å². The highest BCUT2D eigenvalue weighted by atomic mass is 32.1. The number of hydrogen-bond donors (Lipinski definition) is 2. The van der Waals surface area contributed by atoms with Gasteiger partial charge in [0, 0.05) is 24.8 Å². The summed E-state index contributed by atoms with van der Waals surface area (Å²) in [4.78, 5) is 6.20. The van der Waals surface area contributed by atoms with E-state index in [1.807, 2.05) is 0 Å². The first kappa shape index (κ1) is 22.9. The third-order valence-electron chi connectivity index (χ3n) is 6.07. The molecule has 1 aromatic heterocycles. The van der Waals surface area contributed by atoms with Gasteiger partial charge in [0.05, 0.1) is 5.56 Å². The maximum atomic E-state index is 12.9. The predicted molar refractivity (Wildman–Crippen MR) is 119 cm³/mol. The second-order valence-electron chi connectivity index (χ2n) is 8.63. The molecule has 7 heteroatoms. The average Bonchev–Trinajstić information content (AvgIpc) is 3.10. The number of fused-ring (bicyclic) bond motifs is 1. The maximum Gasteiger partial charge on any atom is 0.417 e. The molecule has 1 heterocycles. The molecule has 1 aliphatic rings. The summed E-state index contributed by atoms with van der Waals surface area (Å²) in [5, 5.41) is 0. The van der Waals surface area contributed by atoms with Gasteiger partial charge in [-0.15, -0.1) is 0 Å². The summed E-state index contributed by atoms with van der Waals surface area (Å²) in [5.41, 5.74) is 3.08. The molecule has 30 heavy (non-hydrogen) atoms. The van der Waals surface area contributed by atoms with Gasteiger partial charge in [0.2, 0.25) is 0 Å². The van der Waals surface area contributed by atoms with E-state index >= 15 is 0 Å². The van der Waals surface area contributed by atoms with Crippen LogP contribution in [-0.2, 0) is 19.0 Å². The van der Waals surface area contributed by atoms with E-state index in [1.165, 1.54) is 29.2 Å². The van der Waals surface area contributed by atoms with Gasteiger partial charge in [0.1, 0.15) is 5.82 Å². The Morgan fingerprint density at radius 1 is 1.20 bits per heavy atom. The fourth-order valence-corrected chi connectivity index (χ4v) is 4.57. The van der Waals surface area contributed by atoms with Gasteiger partial charge in [-0.05, 0) is 74.3 Å². The van der Waals surface area contributed by atoms with E-state index < -0.39 is 11.7 Å². The highest BCUT2D eigenvalue weighted by molar-refractivity contribution is 7.78. The molecule has 1 aliphatic carbocycles. The number of aryl methyl sites for hydroxylation is 1. The van der Waals surface area contributed by atoms with Crippen molar-refractivity contribution in [2.45, 2.75) is 64.1 Å². The van der Waals surface area contributed by atoms with Crippen molar-refractivity contribution >= 4 is 18.6 Å². The van der Waals surface area contributed by atoms with Gasteiger partial charge >= 0.3 is 6.18 Å². The van der Waals surface area contributed by atoms with Gasteiger partial charge in [-0.3, -0.25) is 4.72 Å². The molecule has 164 valence electrons. The van der Waals surface area contributed by atoms with Gasteiger partial charge in [-0.25, -0.2) is 4.98 Å². The zero-order valence-electron chi connectivity index (χ0n) is 17.8. The molecule has 0 bridgehead atoms. The van der Waals surface area contributed by atoms with Crippen LogP contribution in [0.1, 0.15) is 61.8 Å². The van der Waals surface area contributed by atoms with Crippen molar-refractivity contribution in [1.29, 1.82) is 0 Å². The number of hydrogen-bond acceptors (Lipinski definition) is 4. The standard InChI is InChI=1S/C23H30F3N3S/c1-4-17-7-8-18-6-5-16(13-20(17)18)14-22(2,3)29(12-11-28-30)21-10-9-19(15-27-21)23(24,25)26/h5-6,9-10,13,15,17,28,30H,4,7-8,11-12,14H2,1-3H3. The number of nitrogens with zero attached hydrogens (tertiary/aromatic N) is 2. The fourth-order valence-electron chi connectivity index (χ4n) is 4.47. The number of anilines is 1. The Balaban J connectivity index is 1.86. The van der Waals surface area contributed by atoms with E-state index in [-0.39, 0.29) is 5.54 Å². The molecule has 2 aromatic rings. The summed E-state index contributed by atoms with van der Waals surface area (Å²) in [5.74, 6) is 1.16. The van der Waals surface area contributed by atoms with Crippen LogP contribution in [0.15, 0.2) is 36.5 Å². The minimum atomic E-state index is -4.39. The Morgan fingerprint density at radius 2 is 1.97 bits per heavy atom. The lowest BCUT2D eigenvalue weighted by Crippen LogP contribution is -2.48. The number of alkyl halides is 3. The Labute approximate surface area is 182 Å². The number of nitrogens with one attached hydrogen (secondary N) is 1. The normalized spacial score (nSPS) is 16.6. The van der Waals surface area contributed by atoms with Crippen molar-refractivity contribution in [3.8, 4) is 0 Å². The minimum Gasteiger partial charge on any atom is -0.350 e. The summed E-state index contributed by atoms with van der Waals surface area (Å²) < 4.78 is 41.7. The Morgan fingerprint density at radius 3 is 2.57 bits per heavy atom. The van der Waals surface area contributed by atoms with Gasteiger partial charge in [-0.2, -0.15) is 13.2 Å². The molecule has 1 atom stereocenters. The molecule has 1 N–H and O–H groups in total. The van der Waals surface area contributed by atoms with Gasteiger partial charge in [-0.1, -0.05) is 37.9 Å². The van der Waals surface area contributed by atoms with E-state index in [0.29, 0.717) is 24.8 Å². The van der Waals surface area contributed by atoms with E-state index in [1.54, 1.807) is 0 Å². The predicted octanol–water partition coefficient (Wildman–Crippen LogP) is 5.80. The molecule has 0 radical (unpaired) electrons. The van der Waals surface area contributed by atoms with Crippen LogP contribution in [0.25, 0.3) is 0 Å². The van der Waals surface area contributed by atoms with Crippen LogP contribution in [-0.4, -0.2) is 23.6 Å².